The zero-order valence-electron chi connectivity index (χ0n) is 11.4. The highest BCUT2D eigenvalue weighted by Gasteiger charge is 2.04. The van der Waals surface area contributed by atoms with Crippen LogP contribution in [0.25, 0.3) is 16.8 Å². The Kier molecular flexibility index (Phi) is 3.47. The van der Waals surface area contributed by atoms with E-state index in [0.29, 0.717) is 5.69 Å². The highest BCUT2D eigenvalue weighted by atomic mass is 16.5. The first-order chi connectivity index (χ1) is 10.3. The van der Waals surface area contributed by atoms with E-state index in [4.69, 9.17) is 4.74 Å². The standard InChI is InChI=1S/C16H13N3O2/c1-21-15-4-2-14(3-5-15)19-16(20)10-13(11-18-19)12-6-8-17-9-7-12/h2-11H,1H3. The molecular weight excluding hydrogens is 266 g/mol. The van der Waals surface area contributed by atoms with Crippen molar-refractivity contribution < 1.29 is 4.74 Å². The number of methoxy groups -OCH3 is 1. The molecule has 3 aromatic rings. The van der Waals surface area contributed by atoms with E-state index < -0.39 is 0 Å². The van der Waals surface area contributed by atoms with Gasteiger partial charge in [0, 0.05) is 24.0 Å². The number of aromatic nitrogens is 3. The molecule has 5 heteroatoms. The van der Waals surface area contributed by atoms with Crippen LogP contribution in [0.5, 0.6) is 5.75 Å². The van der Waals surface area contributed by atoms with Crippen molar-refractivity contribution in [2.45, 2.75) is 0 Å². The quantitative estimate of drug-likeness (QED) is 0.738. The summed E-state index contributed by atoms with van der Waals surface area (Å²) in [5.41, 5.74) is 2.19. The first-order valence-corrected chi connectivity index (χ1v) is 6.42. The highest BCUT2D eigenvalue weighted by Crippen LogP contribution is 2.16. The molecule has 21 heavy (non-hydrogen) atoms. The number of hydrogen-bond acceptors (Lipinski definition) is 4. The Balaban J connectivity index is 2.00. The molecule has 0 saturated heterocycles. The normalized spacial score (nSPS) is 10.3. The van der Waals surface area contributed by atoms with Crippen LogP contribution in [0.4, 0.5) is 0 Å². The maximum atomic E-state index is 12.2. The van der Waals surface area contributed by atoms with Crippen LogP contribution in [0.3, 0.4) is 0 Å². The van der Waals surface area contributed by atoms with Crippen LogP contribution in [0.15, 0.2) is 65.8 Å². The molecule has 0 fully saturated rings. The number of pyridine rings is 1. The van der Waals surface area contributed by atoms with E-state index in [9.17, 15) is 4.79 Å². The molecule has 0 atom stereocenters. The fourth-order valence-corrected chi connectivity index (χ4v) is 2.03. The molecule has 3 rings (SSSR count). The molecule has 0 saturated carbocycles. The van der Waals surface area contributed by atoms with Gasteiger partial charge in [0.2, 0.25) is 0 Å². The van der Waals surface area contributed by atoms with Gasteiger partial charge in [-0.25, -0.2) is 0 Å². The van der Waals surface area contributed by atoms with E-state index >= 15 is 0 Å². The molecule has 2 heterocycles. The Hall–Kier alpha value is -2.95. The number of nitrogens with zero attached hydrogens (tertiary/aromatic N) is 3. The molecule has 0 bridgehead atoms. The van der Waals surface area contributed by atoms with Gasteiger partial charge in [-0.2, -0.15) is 9.78 Å². The summed E-state index contributed by atoms with van der Waals surface area (Å²) in [4.78, 5) is 16.2. The van der Waals surface area contributed by atoms with Gasteiger partial charge in [-0.15, -0.1) is 0 Å². The van der Waals surface area contributed by atoms with Gasteiger partial charge < -0.3 is 4.74 Å². The van der Waals surface area contributed by atoms with Crippen molar-refractivity contribution in [3.63, 3.8) is 0 Å². The zero-order valence-corrected chi connectivity index (χ0v) is 11.4. The van der Waals surface area contributed by atoms with Crippen LogP contribution in [0.1, 0.15) is 0 Å². The predicted molar refractivity (Wildman–Crippen MR) is 79.6 cm³/mol. The summed E-state index contributed by atoms with van der Waals surface area (Å²) >= 11 is 0. The summed E-state index contributed by atoms with van der Waals surface area (Å²) in [7, 11) is 1.60. The average molecular weight is 279 g/mol. The second kappa shape index (κ2) is 5.58. The van der Waals surface area contributed by atoms with Gasteiger partial charge in [0.05, 0.1) is 19.0 Å². The van der Waals surface area contributed by atoms with E-state index in [0.717, 1.165) is 16.9 Å². The Morgan fingerprint density at radius 2 is 1.71 bits per heavy atom. The first-order valence-electron chi connectivity index (χ1n) is 6.42. The van der Waals surface area contributed by atoms with Crippen LogP contribution in [-0.4, -0.2) is 21.9 Å². The second-order valence-electron chi connectivity index (χ2n) is 4.43. The minimum atomic E-state index is -0.186. The minimum Gasteiger partial charge on any atom is -0.497 e. The fraction of sp³-hybridized carbons (Fsp3) is 0.0625. The SMILES string of the molecule is COc1ccc(-n2ncc(-c3ccncc3)cc2=O)cc1. The Bertz CT molecular complexity index is 796. The Morgan fingerprint density at radius 1 is 1.00 bits per heavy atom. The Labute approximate surface area is 121 Å². The number of benzene rings is 1. The van der Waals surface area contributed by atoms with Crippen molar-refractivity contribution in [1.29, 1.82) is 0 Å². The average Bonchev–Trinajstić information content (AvgIpc) is 2.56. The summed E-state index contributed by atoms with van der Waals surface area (Å²) < 4.78 is 6.45. The molecule has 2 aromatic heterocycles. The summed E-state index contributed by atoms with van der Waals surface area (Å²) in [5, 5.41) is 4.22. The van der Waals surface area contributed by atoms with Crippen LogP contribution in [-0.2, 0) is 0 Å². The maximum Gasteiger partial charge on any atom is 0.272 e. The molecule has 0 aliphatic rings. The predicted octanol–water partition coefficient (Wildman–Crippen LogP) is 2.30. The van der Waals surface area contributed by atoms with E-state index in [1.165, 1.54) is 4.68 Å². The molecular formula is C16H13N3O2. The zero-order chi connectivity index (χ0) is 14.7. The number of ether oxygens (including phenoxy) is 1. The van der Waals surface area contributed by atoms with Crippen molar-refractivity contribution in [2.24, 2.45) is 0 Å². The summed E-state index contributed by atoms with van der Waals surface area (Å²) in [5.74, 6) is 0.736. The van der Waals surface area contributed by atoms with Gasteiger partial charge in [0.25, 0.3) is 5.56 Å². The van der Waals surface area contributed by atoms with Crippen LogP contribution in [0.2, 0.25) is 0 Å². The van der Waals surface area contributed by atoms with Crippen molar-refractivity contribution >= 4 is 0 Å². The minimum absolute atomic E-state index is 0.186. The number of hydrogen-bond donors (Lipinski definition) is 0. The lowest BCUT2D eigenvalue weighted by molar-refractivity contribution is 0.414. The molecule has 0 spiro atoms. The molecule has 0 aliphatic carbocycles. The van der Waals surface area contributed by atoms with Gasteiger partial charge in [-0.05, 0) is 42.0 Å². The lowest BCUT2D eigenvalue weighted by Crippen LogP contribution is -2.19. The molecule has 0 N–H and O–H groups in total. The maximum absolute atomic E-state index is 12.2. The molecule has 5 nitrogen and oxygen atoms in total. The van der Waals surface area contributed by atoms with Gasteiger partial charge >= 0.3 is 0 Å². The summed E-state index contributed by atoms with van der Waals surface area (Å²) in [6.07, 6.45) is 5.04. The third-order valence-electron chi connectivity index (χ3n) is 3.13. The van der Waals surface area contributed by atoms with E-state index in [1.807, 2.05) is 12.1 Å². The summed E-state index contributed by atoms with van der Waals surface area (Å²) in [6.45, 7) is 0. The highest BCUT2D eigenvalue weighted by molar-refractivity contribution is 5.61. The molecule has 0 amide bonds. The largest absolute Gasteiger partial charge is 0.497 e. The van der Waals surface area contributed by atoms with Crippen LogP contribution < -0.4 is 10.3 Å². The topological polar surface area (TPSA) is 57.0 Å². The van der Waals surface area contributed by atoms with Crippen molar-refractivity contribution in [1.82, 2.24) is 14.8 Å². The van der Waals surface area contributed by atoms with Gasteiger partial charge in [-0.3, -0.25) is 9.78 Å². The van der Waals surface area contributed by atoms with E-state index in [1.54, 1.807) is 56.0 Å². The Morgan fingerprint density at radius 3 is 2.33 bits per heavy atom. The molecule has 0 aliphatic heterocycles. The third-order valence-corrected chi connectivity index (χ3v) is 3.13. The lowest BCUT2D eigenvalue weighted by atomic mass is 10.1. The van der Waals surface area contributed by atoms with Crippen molar-refractivity contribution in [2.75, 3.05) is 7.11 Å². The van der Waals surface area contributed by atoms with Crippen LogP contribution in [0, 0.1) is 0 Å². The van der Waals surface area contributed by atoms with E-state index in [2.05, 4.69) is 10.1 Å². The fourth-order valence-electron chi connectivity index (χ4n) is 2.03. The lowest BCUT2D eigenvalue weighted by Gasteiger charge is -2.07. The molecule has 1 aromatic carbocycles. The van der Waals surface area contributed by atoms with Gasteiger partial charge in [0.15, 0.2) is 0 Å². The van der Waals surface area contributed by atoms with Crippen molar-refractivity contribution in [3.05, 3.63) is 71.4 Å². The number of rotatable bonds is 3. The van der Waals surface area contributed by atoms with Crippen molar-refractivity contribution in [3.8, 4) is 22.6 Å². The summed E-state index contributed by atoms with van der Waals surface area (Å²) in [6, 6.07) is 12.4. The smallest absolute Gasteiger partial charge is 0.272 e. The second-order valence-corrected chi connectivity index (χ2v) is 4.43. The van der Waals surface area contributed by atoms with E-state index in [-0.39, 0.29) is 5.56 Å². The molecule has 104 valence electrons. The van der Waals surface area contributed by atoms with Gasteiger partial charge in [0.1, 0.15) is 5.75 Å². The third kappa shape index (κ3) is 2.67. The molecule has 0 unspecified atom stereocenters. The van der Waals surface area contributed by atoms with Gasteiger partial charge in [-0.1, -0.05) is 0 Å². The van der Waals surface area contributed by atoms with Crippen LogP contribution >= 0.6 is 0 Å². The molecule has 0 radical (unpaired) electrons. The monoisotopic (exact) mass is 279 g/mol. The first kappa shape index (κ1) is 13.1.